The summed E-state index contributed by atoms with van der Waals surface area (Å²) in [4.78, 5) is 23.2. The van der Waals surface area contributed by atoms with Crippen LogP contribution in [0.25, 0.3) is 22.3 Å². The van der Waals surface area contributed by atoms with Crippen LogP contribution in [0.5, 0.6) is 0 Å². The zero-order valence-corrected chi connectivity index (χ0v) is 11.7. The van der Waals surface area contributed by atoms with Crippen molar-refractivity contribution < 1.29 is 0 Å². The van der Waals surface area contributed by atoms with Crippen molar-refractivity contribution in [2.75, 3.05) is 0 Å². The average Bonchev–Trinajstić information content (AvgIpc) is 2.41. The van der Waals surface area contributed by atoms with Gasteiger partial charge in [-0.25, -0.2) is 4.98 Å². The number of hydrogen-bond acceptors (Lipinski definition) is 3. The number of rotatable bonds is 1. The highest BCUT2D eigenvalue weighted by molar-refractivity contribution is 9.10. The molecule has 19 heavy (non-hydrogen) atoms. The maximum atomic E-state index is 11.7. The zero-order valence-electron chi connectivity index (χ0n) is 10.1. The number of aryl methyl sites for hydroxylation is 1. The molecule has 4 nitrogen and oxygen atoms in total. The largest absolute Gasteiger partial charge is 0.306 e. The molecule has 0 amide bonds. The van der Waals surface area contributed by atoms with Gasteiger partial charge in [-0.05, 0) is 35.0 Å². The molecule has 0 spiro atoms. The zero-order chi connectivity index (χ0) is 13.4. The number of nitrogens with zero attached hydrogens (tertiary/aromatic N) is 2. The number of nitrogens with one attached hydrogen (secondary N) is 1. The third-order valence-electron chi connectivity index (χ3n) is 2.86. The fourth-order valence-electron chi connectivity index (χ4n) is 2.02. The van der Waals surface area contributed by atoms with E-state index in [9.17, 15) is 4.79 Å². The molecule has 3 rings (SSSR count). The summed E-state index contributed by atoms with van der Waals surface area (Å²) >= 11 is 3.15. The molecule has 1 N–H and O–H groups in total. The van der Waals surface area contributed by atoms with Crippen LogP contribution in [0.3, 0.4) is 0 Å². The van der Waals surface area contributed by atoms with Gasteiger partial charge in [0.05, 0.1) is 5.52 Å². The predicted molar refractivity (Wildman–Crippen MR) is 78.0 cm³/mol. The van der Waals surface area contributed by atoms with E-state index in [2.05, 4.69) is 30.9 Å². The molecule has 0 fully saturated rings. The number of aromatic amines is 1. The molecule has 0 saturated heterocycles. The molecular weight excluding hydrogens is 306 g/mol. The van der Waals surface area contributed by atoms with Gasteiger partial charge in [-0.3, -0.25) is 9.78 Å². The van der Waals surface area contributed by atoms with Gasteiger partial charge < -0.3 is 4.98 Å². The van der Waals surface area contributed by atoms with Gasteiger partial charge >= 0.3 is 0 Å². The van der Waals surface area contributed by atoms with Crippen LogP contribution in [0, 0.1) is 6.92 Å². The van der Waals surface area contributed by atoms with Gasteiger partial charge in [0.2, 0.25) is 0 Å². The number of H-pyrrole nitrogens is 1. The van der Waals surface area contributed by atoms with E-state index in [0.717, 1.165) is 22.2 Å². The lowest BCUT2D eigenvalue weighted by atomic mass is 10.1. The van der Waals surface area contributed by atoms with Crippen LogP contribution in [0.1, 0.15) is 5.69 Å². The molecule has 0 aliphatic rings. The molecule has 3 aromatic rings. The molecule has 0 atom stereocenters. The highest BCUT2D eigenvalue weighted by Crippen LogP contribution is 2.25. The van der Waals surface area contributed by atoms with Crippen LogP contribution < -0.4 is 5.56 Å². The van der Waals surface area contributed by atoms with Gasteiger partial charge in [-0.2, -0.15) is 0 Å². The standard InChI is InChI=1S/C14H10BrN3O/c1-8-6-10(9-4-2-3-5-12(9)17-8)13-16-7-11(15)14(19)18-13/h2-7H,1H3,(H,16,18,19). The second kappa shape index (κ2) is 4.59. The van der Waals surface area contributed by atoms with Crippen LogP contribution in [0.2, 0.25) is 0 Å². The molecule has 0 radical (unpaired) electrons. The lowest BCUT2D eigenvalue weighted by molar-refractivity contribution is 1.11. The highest BCUT2D eigenvalue weighted by Gasteiger charge is 2.08. The molecule has 0 unspecified atom stereocenters. The first-order chi connectivity index (χ1) is 9.15. The maximum absolute atomic E-state index is 11.7. The molecule has 2 aromatic heterocycles. The minimum absolute atomic E-state index is 0.191. The second-order valence-electron chi connectivity index (χ2n) is 4.24. The summed E-state index contributed by atoms with van der Waals surface area (Å²) in [6.45, 7) is 1.92. The first kappa shape index (κ1) is 12.0. The molecule has 0 saturated carbocycles. The van der Waals surface area contributed by atoms with Crippen LogP contribution in [-0.2, 0) is 0 Å². The van der Waals surface area contributed by atoms with Crippen molar-refractivity contribution in [1.29, 1.82) is 0 Å². The number of fused-ring (bicyclic) bond motifs is 1. The van der Waals surface area contributed by atoms with E-state index >= 15 is 0 Å². The van der Waals surface area contributed by atoms with Gasteiger partial charge in [0.25, 0.3) is 5.56 Å². The van der Waals surface area contributed by atoms with Crippen LogP contribution in [0.15, 0.2) is 45.8 Å². The molecule has 94 valence electrons. The number of hydrogen-bond donors (Lipinski definition) is 1. The first-order valence-electron chi connectivity index (χ1n) is 5.77. The summed E-state index contributed by atoms with van der Waals surface area (Å²) < 4.78 is 0.423. The van der Waals surface area contributed by atoms with E-state index in [1.165, 1.54) is 6.20 Å². The van der Waals surface area contributed by atoms with Gasteiger partial charge in [-0.1, -0.05) is 18.2 Å². The summed E-state index contributed by atoms with van der Waals surface area (Å²) in [6.07, 6.45) is 1.51. The van der Waals surface area contributed by atoms with E-state index < -0.39 is 0 Å². The Kier molecular flexibility index (Phi) is 2.91. The molecular formula is C14H10BrN3O. The van der Waals surface area contributed by atoms with Gasteiger partial charge in [0.15, 0.2) is 0 Å². The third kappa shape index (κ3) is 2.17. The van der Waals surface area contributed by atoms with Crippen LogP contribution in [-0.4, -0.2) is 15.0 Å². The average molecular weight is 316 g/mol. The molecule has 0 aliphatic heterocycles. The Morgan fingerprint density at radius 3 is 2.84 bits per heavy atom. The number of aromatic nitrogens is 3. The number of para-hydroxylation sites is 1. The van der Waals surface area contributed by atoms with Crippen molar-refractivity contribution >= 4 is 26.8 Å². The topological polar surface area (TPSA) is 58.6 Å². The SMILES string of the molecule is Cc1cc(-c2ncc(Br)c(=O)[nH]2)c2ccccc2n1. The molecule has 0 bridgehead atoms. The Hall–Kier alpha value is -2.01. The Balaban J connectivity index is 2.35. The van der Waals surface area contributed by atoms with Crippen molar-refractivity contribution in [2.24, 2.45) is 0 Å². The van der Waals surface area contributed by atoms with Gasteiger partial charge in [0, 0.05) is 22.8 Å². The smallest absolute Gasteiger partial charge is 0.265 e. The first-order valence-corrected chi connectivity index (χ1v) is 6.56. The minimum atomic E-state index is -0.191. The lowest BCUT2D eigenvalue weighted by Crippen LogP contribution is -2.09. The predicted octanol–water partition coefficient (Wildman–Crippen LogP) is 3.06. The van der Waals surface area contributed by atoms with E-state index in [1.54, 1.807) is 0 Å². The van der Waals surface area contributed by atoms with Crippen LogP contribution in [0.4, 0.5) is 0 Å². The van der Waals surface area contributed by atoms with E-state index in [4.69, 9.17) is 0 Å². The summed E-state index contributed by atoms with van der Waals surface area (Å²) in [5.41, 5.74) is 2.47. The fraction of sp³-hybridized carbons (Fsp3) is 0.0714. The van der Waals surface area contributed by atoms with Gasteiger partial charge in [0.1, 0.15) is 10.3 Å². The monoisotopic (exact) mass is 315 g/mol. The fourth-order valence-corrected chi connectivity index (χ4v) is 2.22. The normalized spacial score (nSPS) is 10.8. The Bertz CT molecular complexity index is 826. The summed E-state index contributed by atoms with van der Waals surface area (Å²) in [7, 11) is 0. The van der Waals surface area contributed by atoms with E-state index in [-0.39, 0.29) is 5.56 Å². The molecule has 1 aromatic carbocycles. The lowest BCUT2D eigenvalue weighted by Gasteiger charge is -2.07. The van der Waals surface area contributed by atoms with Crippen molar-refractivity contribution in [3.05, 3.63) is 57.0 Å². The van der Waals surface area contributed by atoms with Crippen molar-refractivity contribution in [3.63, 3.8) is 0 Å². The van der Waals surface area contributed by atoms with E-state index in [1.807, 2.05) is 37.3 Å². The van der Waals surface area contributed by atoms with Crippen molar-refractivity contribution in [2.45, 2.75) is 6.92 Å². The van der Waals surface area contributed by atoms with Crippen LogP contribution >= 0.6 is 15.9 Å². The molecule has 0 aliphatic carbocycles. The Morgan fingerprint density at radius 1 is 1.26 bits per heavy atom. The van der Waals surface area contributed by atoms with Crippen molar-refractivity contribution in [3.8, 4) is 11.4 Å². The third-order valence-corrected chi connectivity index (χ3v) is 3.42. The number of halogens is 1. The minimum Gasteiger partial charge on any atom is -0.306 e. The van der Waals surface area contributed by atoms with Crippen molar-refractivity contribution in [1.82, 2.24) is 15.0 Å². The maximum Gasteiger partial charge on any atom is 0.265 e. The van der Waals surface area contributed by atoms with E-state index in [0.29, 0.717) is 10.3 Å². The highest BCUT2D eigenvalue weighted by atomic mass is 79.9. The molecule has 5 heteroatoms. The Morgan fingerprint density at radius 2 is 2.05 bits per heavy atom. The summed E-state index contributed by atoms with van der Waals surface area (Å²) in [6, 6.07) is 9.73. The quantitative estimate of drug-likeness (QED) is 0.750. The molecule has 2 heterocycles. The Labute approximate surface area is 117 Å². The number of pyridine rings is 1. The van der Waals surface area contributed by atoms with Gasteiger partial charge in [-0.15, -0.1) is 0 Å². The summed E-state index contributed by atoms with van der Waals surface area (Å²) in [5.74, 6) is 0.551. The number of benzene rings is 1. The second-order valence-corrected chi connectivity index (χ2v) is 5.09. The summed E-state index contributed by atoms with van der Waals surface area (Å²) in [5, 5.41) is 0.971.